The summed E-state index contributed by atoms with van der Waals surface area (Å²) in [5.41, 5.74) is 7.18. The second-order valence-electron chi connectivity index (χ2n) is 4.12. The summed E-state index contributed by atoms with van der Waals surface area (Å²) < 4.78 is 5.23. The molecule has 1 heterocycles. The molecule has 104 valence electrons. The highest BCUT2D eigenvalue weighted by Crippen LogP contribution is 2.24. The molecule has 0 radical (unpaired) electrons. The normalized spacial score (nSPS) is 10.3. The zero-order chi connectivity index (χ0) is 14.7. The van der Waals surface area contributed by atoms with E-state index in [2.05, 4.69) is 5.32 Å². The number of thiocarbonyl (C=S) groups is 1. The topological polar surface area (TPSA) is 68.3 Å². The third kappa shape index (κ3) is 3.00. The molecule has 0 unspecified atom stereocenters. The van der Waals surface area contributed by atoms with E-state index >= 15 is 0 Å². The van der Waals surface area contributed by atoms with E-state index in [-0.39, 0.29) is 10.9 Å². The van der Waals surface area contributed by atoms with Crippen molar-refractivity contribution in [2.45, 2.75) is 13.3 Å². The predicted octanol–water partition coefficient (Wildman–Crippen LogP) is 3.38. The number of hydrogen-bond acceptors (Lipinski definition) is 3. The van der Waals surface area contributed by atoms with Crippen LogP contribution in [-0.4, -0.2) is 10.9 Å². The lowest BCUT2D eigenvalue weighted by molar-refractivity contribution is 0.102. The molecule has 0 spiro atoms. The number of furan rings is 1. The third-order valence-electron chi connectivity index (χ3n) is 2.81. The monoisotopic (exact) mass is 308 g/mol. The van der Waals surface area contributed by atoms with Gasteiger partial charge in [0.15, 0.2) is 0 Å². The molecule has 1 aromatic carbocycles. The number of carbonyl (C=O) groups is 1. The number of hydrogen-bond donors (Lipinski definition) is 2. The van der Waals surface area contributed by atoms with Gasteiger partial charge in [-0.25, -0.2) is 0 Å². The maximum Gasteiger partial charge on any atom is 0.259 e. The zero-order valence-electron chi connectivity index (χ0n) is 10.8. The van der Waals surface area contributed by atoms with Crippen molar-refractivity contribution in [1.29, 1.82) is 0 Å². The van der Waals surface area contributed by atoms with Crippen LogP contribution in [0.2, 0.25) is 5.02 Å². The van der Waals surface area contributed by atoms with Gasteiger partial charge < -0.3 is 15.5 Å². The lowest BCUT2D eigenvalue weighted by Gasteiger charge is -2.08. The summed E-state index contributed by atoms with van der Waals surface area (Å²) in [4.78, 5) is 12.4. The number of halogens is 1. The maximum absolute atomic E-state index is 12.1. The second-order valence-corrected chi connectivity index (χ2v) is 4.97. The summed E-state index contributed by atoms with van der Waals surface area (Å²) in [7, 11) is 0. The third-order valence-corrected chi connectivity index (χ3v) is 3.36. The van der Waals surface area contributed by atoms with E-state index in [1.54, 1.807) is 24.3 Å². The minimum atomic E-state index is -0.263. The number of benzene rings is 1. The molecular formula is C14H13ClN2O2S. The summed E-state index contributed by atoms with van der Waals surface area (Å²) in [5, 5.41) is 3.12. The summed E-state index contributed by atoms with van der Waals surface area (Å²) in [5.74, 6) is 0.374. The highest BCUT2D eigenvalue weighted by molar-refractivity contribution is 7.80. The van der Waals surface area contributed by atoms with Crippen molar-refractivity contribution in [3.8, 4) is 0 Å². The first-order chi connectivity index (χ1) is 9.52. The van der Waals surface area contributed by atoms with Crippen molar-refractivity contribution >= 4 is 40.4 Å². The molecule has 20 heavy (non-hydrogen) atoms. The van der Waals surface area contributed by atoms with Crippen LogP contribution in [-0.2, 0) is 6.42 Å². The Hall–Kier alpha value is -1.85. The van der Waals surface area contributed by atoms with E-state index in [9.17, 15) is 4.79 Å². The van der Waals surface area contributed by atoms with E-state index < -0.39 is 0 Å². The Balaban J connectivity index is 2.22. The van der Waals surface area contributed by atoms with Crippen LogP contribution in [0.4, 0.5) is 5.69 Å². The highest BCUT2D eigenvalue weighted by atomic mass is 35.5. The van der Waals surface area contributed by atoms with Crippen molar-refractivity contribution in [3.05, 3.63) is 52.4 Å². The SMILES string of the molecule is CCc1occc1C(=O)Nc1ccc(C(N)=S)cc1Cl. The second kappa shape index (κ2) is 6.07. The van der Waals surface area contributed by atoms with Gasteiger partial charge in [0.25, 0.3) is 5.91 Å². The zero-order valence-corrected chi connectivity index (χ0v) is 12.3. The van der Waals surface area contributed by atoms with Crippen LogP contribution in [0.3, 0.4) is 0 Å². The molecule has 0 aliphatic rings. The van der Waals surface area contributed by atoms with Gasteiger partial charge in [-0.3, -0.25) is 4.79 Å². The molecule has 0 saturated heterocycles. The lowest BCUT2D eigenvalue weighted by Crippen LogP contribution is -2.14. The van der Waals surface area contributed by atoms with Crippen LogP contribution in [0.25, 0.3) is 0 Å². The fraction of sp³-hybridized carbons (Fsp3) is 0.143. The Morgan fingerprint density at radius 3 is 2.80 bits per heavy atom. The van der Waals surface area contributed by atoms with Gasteiger partial charge in [-0.05, 0) is 24.3 Å². The quantitative estimate of drug-likeness (QED) is 0.850. The van der Waals surface area contributed by atoms with Crippen molar-refractivity contribution in [2.75, 3.05) is 5.32 Å². The predicted molar refractivity (Wildman–Crippen MR) is 83.4 cm³/mol. The number of nitrogens with two attached hydrogens (primary N) is 1. The number of amides is 1. The van der Waals surface area contributed by atoms with Crippen LogP contribution >= 0.6 is 23.8 Å². The highest BCUT2D eigenvalue weighted by Gasteiger charge is 2.14. The number of nitrogens with one attached hydrogen (secondary N) is 1. The van der Waals surface area contributed by atoms with E-state index in [1.807, 2.05) is 6.92 Å². The number of rotatable bonds is 4. The average molecular weight is 309 g/mol. The molecule has 2 rings (SSSR count). The lowest BCUT2D eigenvalue weighted by atomic mass is 10.1. The van der Waals surface area contributed by atoms with Gasteiger partial charge in [0.05, 0.1) is 22.5 Å². The molecule has 3 N–H and O–H groups in total. The fourth-order valence-corrected chi connectivity index (χ4v) is 2.13. The molecule has 0 fully saturated rings. The molecule has 0 aliphatic heterocycles. The molecule has 1 amide bonds. The largest absolute Gasteiger partial charge is 0.469 e. The van der Waals surface area contributed by atoms with Crippen LogP contribution in [0, 0.1) is 0 Å². The number of carbonyl (C=O) groups excluding carboxylic acids is 1. The first kappa shape index (κ1) is 14.6. The van der Waals surface area contributed by atoms with E-state index in [0.717, 1.165) is 0 Å². The van der Waals surface area contributed by atoms with Crippen LogP contribution in [0.1, 0.15) is 28.6 Å². The van der Waals surface area contributed by atoms with Gasteiger partial charge in [0.2, 0.25) is 0 Å². The Labute approximate surface area is 126 Å². The van der Waals surface area contributed by atoms with Gasteiger partial charge in [-0.1, -0.05) is 30.7 Å². The smallest absolute Gasteiger partial charge is 0.259 e. The van der Waals surface area contributed by atoms with Crippen molar-refractivity contribution in [2.24, 2.45) is 5.73 Å². The van der Waals surface area contributed by atoms with Crippen LogP contribution in [0.15, 0.2) is 34.9 Å². The first-order valence-electron chi connectivity index (χ1n) is 6.00. The number of aryl methyl sites for hydroxylation is 1. The summed E-state index contributed by atoms with van der Waals surface area (Å²) in [6.45, 7) is 1.92. The Morgan fingerprint density at radius 1 is 1.45 bits per heavy atom. The van der Waals surface area contributed by atoms with E-state index in [0.29, 0.717) is 34.0 Å². The van der Waals surface area contributed by atoms with Crippen molar-refractivity contribution in [3.63, 3.8) is 0 Å². The summed E-state index contributed by atoms with van der Waals surface area (Å²) in [6, 6.07) is 6.63. The minimum absolute atomic E-state index is 0.257. The molecule has 0 saturated carbocycles. The maximum atomic E-state index is 12.1. The Morgan fingerprint density at radius 2 is 2.20 bits per heavy atom. The Bertz CT molecular complexity index is 667. The molecule has 2 aromatic rings. The molecule has 0 atom stereocenters. The molecule has 0 aliphatic carbocycles. The van der Waals surface area contributed by atoms with Gasteiger partial charge in [-0.15, -0.1) is 0 Å². The Kier molecular flexibility index (Phi) is 4.42. The van der Waals surface area contributed by atoms with E-state index in [4.69, 9.17) is 34.0 Å². The molecule has 4 nitrogen and oxygen atoms in total. The fourth-order valence-electron chi connectivity index (χ4n) is 1.78. The molecule has 6 heteroatoms. The summed E-state index contributed by atoms with van der Waals surface area (Å²) >= 11 is 11.0. The number of anilines is 1. The van der Waals surface area contributed by atoms with Crippen LogP contribution < -0.4 is 11.1 Å². The average Bonchev–Trinajstić information content (AvgIpc) is 2.89. The molecular weight excluding hydrogens is 296 g/mol. The van der Waals surface area contributed by atoms with Crippen molar-refractivity contribution < 1.29 is 9.21 Å². The standard InChI is InChI=1S/C14H13ClN2O2S/c1-2-12-9(5-6-19-12)14(18)17-11-4-3-8(13(16)20)7-10(11)15/h3-7H,2H2,1H3,(H2,16,20)(H,17,18). The van der Waals surface area contributed by atoms with Gasteiger partial charge in [0, 0.05) is 12.0 Å². The van der Waals surface area contributed by atoms with Gasteiger partial charge in [0.1, 0.15) is 10.7 Å². The minimum Gasteiger partial charge on any atom is -0.469 e. The first-order valence-corrected chi connectivity index (χ1v) is 6.78. The molecule has 1 aromatic heterocycles. The summed E-state index contributed by atoms with van der Waals surface area (Å²) in [6.07, 6.45) is 2.13. The van der Waals surface area contributed by atoms with Gasteiger partial charge >= 0.3 is 0 Å². The molecule has 0 bridgehead atoms. The van der Waals surface area contributed by atoms with Crippen molar-refractivity contribution in [1.82, 2.24) is 0 Å². The van der Waals surface area contributed by atoms with Gasteiger partial charge in [-0.2, -0.15) is 0 Å². The van der Waals surface area contributed by atoms with Crippen LogP contribution in [0.5, 0.6) is 0 Å². The van der Waals surface area contributed by atoms with E-state index in [1.165, 1.54) is 6.26 Å².